The maximum atomic E-state index is 14.0. The Labute approximate surface area is 251 Å². The number of anilines is 1. The van der Waals surface area contributed by atoms with E-state index in [1.165, 1.54) is 24.2 Å². The van der Waals surface area contributed by atoms with Gasteiger partial charge in [0.1, 0.15) is 16.2 Å². The highest BCUT2D eigenvalue weighted by Gasteiger charge is 2.24. The number of halogens is 1. The van der Waals surface area contributed by atoms with Crippen LogP contribution in [0.5, 0.6) is 0 Å². The summed E-state index contributed by atoms with van der Waals surface area (Å²) in [5.74, 6) is 1.20. The average molecular weight is 603 g/mol. The molecule has 0 spiro atoms. The minimum absolute atomic E-state index is 0.166. The molecular formula is C30H31ClN8O2S. The largest absolute Gasteiger partial charge is 0.353 e. The van der Waals surface area contributed by atoms with Gasteiger partial charge in [-0.2, -0.15) is 0 Å². The molecule has 0 saturated carbocycles. The third-order valence-electron chi connectivity index (χ3n) is 8.13. The average Bonchev–Trinajstić information content (AvgIpc) is 3.59. The molecular weight excluding hydrogens is 572 g/mol. The Kier molecular flexibility index (Phi) is 7.39. The number of likely N-dealkylation sites (tertiary alicyclic amines) is 1. The maximum absolute atomic E-state index is 14.0. The molecule has 10 nitrogen and oxygen atoms in total. The van der Waals surface area contributed by atoms with Gasteiger partial charge in [0.15, 0.2) is 5.49 Å². The van der Waals surface area contributed by atoms with Crippen LogP contribution in [0.1, 0.15) is 29.6 Å². The van der Waals surface area contributed by atoms with Gasteiger partial charge in [-0.15, -0.1) is 11.3 Å². The summed E-state index contributed by atoms with van der Waals surface area (Å²) >= 11 is 7.75. The lowest BCUT2D eigenvalue weighted by molar-refractivity contribution is 0.0950. The number of pyridine rings is 1. The Balaban J connectivity index is 1.27. The fraction of sp³-hybridized carbons (Fsp3) is 0.367. The van der Waals surface area contributed by atoms with Crippen LogP contribution >= 0.6 is 22.9 Å². The molecule has 1 amide bonds. The van der Waals surface area contributed by atoms with Gasteiger partial charge in [0.2, 0.25) is 11.4 Å². The van der Waals surface area contributed by atoms with Crippen LogP contribution in [-0.4, -0.2) is 82.4 Å². The molecule has 2 fully saturated rings. The van der Waals surface area contributed by atoms with Gasteiger partial charge in [0, 0.05) is 56.7 Å². The normalized spacial score (nSPS) is 17.5. The fourth-order valence-electron chi connectivity index (χ4n) is 5.98. The summed E-state index contributed by atoms with van der Waals surface area (Å²) in [6.07, 6.45) is 10.4. The zero-order chi connectivity index (χ0) is 28.6. The van der Waals surface area contributed by atoms with Crippen molar-refractivity contribution in [3.05, 3.63) is 80.1 Å². The van der Waals surface area contributed by atoms with Crippen molar-refractivity contribution < 1.29 is 4.79 Å². The van der Waals surface area contributed by atoms with Gasteiger partial charge in [-0.25, -0.2) is 15.0 Å². The Morgan fingerprint density at radius 3 is 2.55 bits per heavy atom. The zero-order valence-electron chi connectivity index (χ0n) is 23.1. The molecule has 2 saturated heterocycles. The summed E-state index contributed by atoms with van der Waals surface area (Å²) in [6.45, 7) is 6.41. The number of nitrogens with zero attached hydrogens (tertiary/aromatic N) is 7. The number of benzene rings is 1. The van der Waals surface area contributed by atoms with E-state index in [0.29, 0.717) is 33.5 Å². The smallest absolute Gasteiger partial charge is 0.258 e. The minimum atomic E-state index is -0.345. The molecule has 216 valence electrons. The Hall–Kier alpha value is -3.80. The number of nitrogens with one attached hydrogen (secondary N) is 1. The van der Waals surface area contributed by atoms with Crippen LogP contribution in [0.2, 0.25) is 5.02 Å². The summed E-state index contributed by atoms with van der Waals surface area (Å²) < 4.78 is 2.86. The van der Waals surface area contributed by atoms with E-state index < -0.39 is 0 Å². The number of fused-ring (bicyclic) bond motifs is 5. The summed E-state index contributed by atoms with van der Waals surface area (Å²) in [4.78, 5) is 48.8. The van der Waals surface area contributed by atoms with E-state index in [0.717, 1.165) is 67.8 Å². The van der Waals surface area contributed by atoms with E-state index in [4.69, 9.17) is 16.6 Å². The number of amides is 1. The number of carbonyl (C=O) groups is 1. The van der Waals surface area contributed by atoms with Crippen LogP contribution in [0, 0.1) is 0 Å². The molecule has 4 aromatic rings. The monoisotopic (exact) mass is 602 g/mol. The summed E-state index contributed by atoms with van der Waals surface area (Å²) in [7, 11) is 0. The van der Waals surface area contributed by atoms with Crippen LogP contribution < -0.4 is 26.4 Å². The van der Waals surface area contributed by atoms with Crippen molar-refractivity contribution in [2.24, 2.45) is 4.99 Å². The van der Waals surface area contributed by atoms with Crippen LogP contribution in [-0.2, 0) is 0 Å². The summed E-state index contributed by atoms with van der Waals surface area (Å²) in [5.41, 5.74) is 1.30. The van der Waals surface area contributed by atoms with Crippen molar-refractivity contribution in [1.29, 1.82) is 0 Å². The Morgan fingerprint density at radius 2 is 1.76 bits per heavy atom. The zero-order valence-corrected chi connectivity index (χ0v) is 24.7. The molecule has 0 radical (unpaired) electrons. The van der Waals surface area contributed by atoms with Crippen molar-refractivity contribution in [1.82, 2.24) is 29.5 Å². The van der Waals surface area contributed by atoms with Gasteiger partial charge >= 0.3 is 0 Å². The predicted molar refractivity (Wildman–Crippen MR) is 166 cm³/mol. The predicted octanol–water partition coefficient (Wildman–Crippen LogP) is 2.25. The third-order valence-corrected chi connectivity index (χ3v) is 9.49. The van der Waals surface area contributed by atoms with E-state index in [1.54, 1.807) is 12.4 Å². The highest BCUT2D eigenvalue weighted by molar-refractivity contribution is 7.24. The topological polar surface area (TPSA) is 98.4 Å². The maximum Gasteiger partial charge on any atom is 0.258 e. The molecule has 3 aliphatic heterocycles. The first-order chi connectivity index (χ1) is 20.6. The fourth-order valence-corrected chi connectivity index (χ4v) is 7.44. The van der Waals surface area contributed by atoms with Crippen LogP contribution in [0.25, 0.3) is 21.1 Å². The molecule has 0 aliphatic carbocycles. The van der Waals surface area contributed by atoms with Crippen molar-refractivity contribution in [3.8, 4) is 0 Å². The van der Waals surface area contributed by atoms with Crippen molar-refractivity contribution in [2.75, 3.05) is 57.3 Å². The van der Waals surface area contributed by atoms with E-state index in [9.17, 15) is 9.59 Å². The highest BCUT2D eigenvalue weighted by atomic mass is 35.5. The van der Waals surface area contributed by atoms with E-state index in [2.05, 4.69) is 36.1 Å². The molecule has 6 heterocycles. The molecule has 1 aromatic carbocycles. The molecule has 1 N–H and O–H groups in total. The Bertz CT molecular complexity index is 1870. The van der Waals surface area contributed by atoms with E-state index >= 15 is 0 Å². The molecule has 3 aliphatic rings. The molecule has 3 aromatic heterocycles. The van der Waals surface area contributed by atoms with Crippen molar-refractivity contribution >= 4 is 55.9 Å². The molecule has 0 bridgehead atoms. The van der Waals surface area contributed by atoms with Gasteiger partial charge in [0.25, 0.3) is 5.91 Å². The molecule has 12 heteroatoms. The Morgan fingerprint density at radius 1 is 1.00 bits per heavy atom. The quantitative estimate of drug-likeness (QED) is 0.361. The number of hydrogen-bond acceptors (Lipinski definition) is 9. The first kappa shape index (κ1) is 27.1. The molecule has 0 atom stereocenters. The van der Waals surface area contributed by atoms with E-state index in [-0.39, 0.29) is 16.9 Å². The van der Waals surface area contributed by atoms with Gasteiger partial charge < -0.3 is 20.0 Å². The lowest BCUT2D eigenvalue weighted by Gasteiger charge is -2.35. The third kappa shape index (κ3) is 5.05. The first-order valence-corrected chi connectivity index (χ1v) is 15.6. The SMILES string of the molecule is O=C(NCCN1CCCC1)c1c(=O)c2c(n3c1sc1cc(Cl)ccc13)=NC(N1CCN(c3ncccn3)CC1)=CCC=2. The van der Waals surface area contributed by atoms with Gasteiger partial charge in [0.05, 0.1) is 15.4 Å². The summed E-state index contributed by atoms with van der Waals surface area (Å²) in [5, 5.41) is 4.08. The number of allylic oxidation sites excluding steroid dienone is 1. The lowest BCUT2D eigenvalue weighted by atomic mass is 10.2. The summed E-state index contributed by atoms with van der Waals surface area (Å²) in [6, 6.07) is 7.46. The van der Waals surface area contributed by atoms with Crippen molar-refractivity contribution in [2.45, 2.75) is 19.3 Å². The highest BCUT2D eigenvalue weighted by Crippen LogP contribution is 2.29. The van der Waals surface area contributed by atoms with Gasteiger partial charge in [-0.1, -0.05) is 17.7 Å². The van der Waals surface area contributed by atoms with Crippen LogP contribution in [0.3, 0.4) is 0 Å². The van der Waals surface area contributed by atoms with Crippen LogP contribution in [0.15, 0.2) is 58.3 Å². The first-order valence-electron chi connectivity index (χ1n) is 14.4. The number of hydrogen-bond donors (Lipinski definition) is 1. The van der Waals surface area contributed by atoms with E-state index in [1.807, 2.05) is 34.7 Å². The molecule has 0 unspecified atom stereocenters. The second-order valence-corrected chi connectivity index (χ2v) is 12.2. The number of rotatable bonds is 6. The number of carbonyl (C=O) groups excluding carboxylic acids is 1. The lowest BCUT2D eigenvalue weighted by Crippen LogP contribution is -2.49. The van der Waals surface area contributed by atoms with Crippen LogP contribution in [0.4, 0.5) is 5.95 Å². The second kappa shape index (κ2) is 11.5. The second-order valence-electron chi connectivity index (χ2n) is 10.7. The minimum Gasteiger partial charge on any atom is -0.353 e. The molecule has 42 heavy (non-hydrogen) atoms. The van der Waals surface area contributed by atoms with Crippen molar-refractivity contribution in [3.63, 3.8) is 0 Å². The standard InChI is InChI=1S/C30H31ClN8O2S/c31-20-7-8-22-23(19-20)42-29-25(28(41)32-11-14-36-12-1-2-13-36)26(40)21-5-3-6-24(35-27(21)39(22)29)37-15-17-38(18-16-37)30-33-9-4-10-34-30/h4-10,19H,1-3,11-18H2,(H,32,41). The number of thiazole rings is 1. The number of aromatic nitrogens is 3. The van der Waals surface area contributed by atoms with Gasteiger partial charge in [-0.05, 0) is 62.7 Å². The van der Waals surface area contributed by atoms with Gasteiger partial charge in [-0.3, -0.25) is 14.0 Å². The molecule has 7 rings (SSSR count). The number of piperazine rings is 1.